The van der Waals surface area contributed by atoms with Crippen LogP contribution in [0.4, 0.5) is 5.82 Å². The van der Waals surface area contributed by atoms with Crippen LogP contribution in [0.2, 0.25) is 0 Å². The summed E-state index contributed by atoms with van der Waals surface area (Å²) in [4.78, 5) is 34.7. The van der Waals surface area contributed by atoms with E-state index in [1.165, 1.54) is 23.0 Å². The van der Waals surface area contributed by atoms with Gasteiger partial charge in [-0.25, -0.2) is 9.89 Å². The molecule has 9 heteroatoms. The number of H-pyrrole nitrogens is 1. The first-order valence-corrected chi connectivity index (χ1v) is 6.09. The molecule has 0 aliphatic heterocycles. The third-order valence-corrected chi connectivity index (χ3v) is 2.58. The monoisotopic (exact) mass is 291 g/mol. The molecule has 2 rings (SSSR count). The molecule has 2 heterocycles. The van der Waals surface area contributed by atoms with Gasteiger partial charge in [0.25, 0.3) is 11.5 Å². The summed E-state index contributed by atoms with van der Waals surface area (Å²) in [5.74, 6) is -0.984. The maximum atomic E-state index is 12.0. The van der Waals surface area contributed by atoms with Crippen LogP contribution in [-0.2, 0) is 11.8 Å². The summed E-state index contributed by atoms with van der Waals surface area (Å²) in [7, 11) is 1.57. The van der Waals surface area contributed by atoms with E-state index in [1.807, 2.05) is 0 Å². The van der Waals surface area contributed by atoms with Crippen LogP contribution < -0.4 is 10.9 Å². The highest BCUT2D eigenvalue weighted by molar-refractivity contribution is 6.06. The molecule has 0 saturated heterocycles. The van der Waals surface area contributed by atoms with Gasteiger partial charge in [-0.2, -0.15) is 10.2 Å². The minimum absolute atomic E-state index is 0.00519. The summed E-state index contributed by atoms with van der Waals surface area (Å²) in [5.41, 5.74) is -0.276. The number of nitrogens with one attached hydrogen (secondary N) is 2. The molecular weight excluding hydrogens is 278 g/mol. The number of hydrogen-bond acceptors (Lipinski definition) is 6. The van der Waals surface area contributed by atoms with E-state index in [2.05, 4.69) is 20.6 Å². The predicted molar refractivity (Wildman–Crippen MR) is 72.0 cm³/mol. The van der Waals surface area contributed by atoms with E-state index >= 15 is 0 Å². The third-order valence-electron chi connectivity index (χ3n) is 2.58. The Kier molecular flexibility index (Phi) is 4.12. The summed E-state index contributed by atoms with van der Waals surface area (Å²) in [5, 5.41) is 12.2. The molecule has 2 aromatic heterocycles. The molecule has 0 atom stereocenters. The Morgan fingerprint density at radius 3 is 2.81 bits per heavy atom. The second-order valence-electron chi connectivity index (χ2n) is 4.01. The van der Waals surface area contributed by atoms with Crippen molar-refractivity contribution in [1.29, 1.82) is 0 Å². The van der Waals surface area contributed by atoms with E-state index in [4.69, 9.17) is 4.74 Å². The Balaban J connectivity index is 2.25. The highest BCUT2D eigenvalue weighted by atomic mass is 16.5. The van der Waals surface area contributed by atoms with Crippen molar-refractivity contribution in [1.82, 2.24) is 20.0 Å². The normalized spacial score (nSPS) is 10.2. The van der Waals surface area contributed by atoms with Gasteiger partial charge in [-0.15, -0.1) is 0 Å². The number of hydrogen-bond donors (Lipinski definition) is 2. The van der Waals surface area contributed by atoms with Gasteiger partial charge >= 0.3 is 5.97 Å². The average molecular weight is 291 g/mol. The largest absolute Gasteiger partial charge is 0.462 e. The summed E-state index contributed by atoms with van der Waals surface area (Å²) in [6.45, 7) is 1.89. The van der Waals surface area contributed by atoms with Crippen LogP contribution >= 0.6 is 0 Å². The lowest BCUT2D eigenvalue weighted by atomic mass is 10.3. The Morgan fingerprint density at radius 2 is 2.19 bits per heavy atom. The lowest BCUT2D eigenvalue weighted by molar-refractivity contribution is 0.0527. The zero-order valence-corrected chi connectivity index (χ0v) is 11.4. The van der Waals surface area contributed by atoms with Crippen molar-refractivity contribution in [2.45, 2.75) is 6.92 Å². The number of amides is 1. The number of aromatic nitrogens is 4. The molecule has 0 aliphatic carbocycles. The Hall–Kier alpha value is -2.97. The maximum absolute atomic E-state index is 12.0. The van der Waals surface area contributed by atoms with Crippen molar-refractivity contribution in [3.05, 3.63) is 39.9 Å². The van der Waals surface area contributed by atoms with Crippen LogP contribution in [-0.4, -0.2) is 38.5 Å². The van der Waals surface area contributed by atoms with Crippen molar-refractivity contribution in [2.75, 3.05) is 11.9 Å². The number of aryl methyl sites for hydroxylation is 1. The number of rotatable bonds is 4. The van der Waals surface area contributed by atoms with Gasteiger partial charge < -0.3 is 10.1 Å². The molecule has 2 aromatic rings. The number of anilines is 1. The highest BCUT2D eigenvalue weighted by Crippen LogP contribution is 2.16. The van der Waals surface area contributed by atoms with Gasteiger partial charge in [0.05, 0.1) is 12.8 Å². The smallest absolute Gasteiger partial charge is 0.343 e. The van der Waals surface area contributed by atoms with Gasteiger partial charge in [-0.3, -0.25) is 14.3 Å². The van der Waals surface area contributed by atoms with Gasteiger partial charge in [0.2, 0.25) is 0 Å². The quantitative estimate of drug-likeness (QED) is 0.761. The van der Waals surface area contributed by atoms with Crippen LogP contribution in [0.1, 0.15) is 27.8 Å². The van der Waals surface area contributed by atoms with Gasteiger partial charge in [0, 0.05) is 13.1 Å². The molecule has 0 spiro atoms. The van der Waals surface area contributed by atoms with Crippen molar-refractivity contribution < 1.29 is 14.3 Å². The van der Waals surface area contributed by atoms with Gasteiger partial charge in [0.1, 0.15) is 17.1 Å². The van der Waals surface area contributed by atoms with Crippen LogP contribution in [0.3, 0.4) is 0 Å². The molecule has 0 aromatic carbocycles. The van der Waals surface area contributed by atoms with Crippen molar-refractivity contribution in [3.8, 4) is 0 Å². The number of esters is 1. The van der Waals surface area contributed by atoms with Crippen LogP contribution in [0.5, 0.6) is 0 Å². The molecule has 9 nitrogen and oxygen atoms in total. The molecule has 1 amide bonds. The number of carbonyl (C=O) groups excluding carboxylic acids is 2. The van der Waals surface area contributed by atoms with Crippen molar-refractivity contribution in [2.24, 2.45) is 7.05 Å². The lowest BCUT2D eigenvalue weighted by Gasteiger charge is -2.07. The fraction of sp³-hybridized carbons (Fsp3) is 0.250. The first kappa shape index (κ1) is 14.4. The SMILES string of the molecule is CCOC(=O)c1cnn(C)c1NC(=O)c1ccc(=O)[nH]n1. The lowest BCUT2D eigenvalue weighted by Crippen LogP contribution is -2.20. The minimum Gasteiger partial charge on any atom is -0.462 e. The Morgan fingerprint density at radius 1 is 1.43 bits per heavy atom. The molecule has 0 bridgehead atoms. The topological polar surface area (TPSA) is 119 Å². The zero-order chi connectivity index (χ0) is 15.4. The highest BCUT2D eigenvalue weighted by Gasteiger charge is 2.20. The predicted octanol–water partition coefficient (Wildman–Crippen LogP) is -0.0676. The molecule has 0 aliphatic rings. The number of aromatic amines is 1. The molecular formula is C12H13N5O4. The molecule has 21 heavy (non-hydrogen) atoms. The Labute approximate surface area is 118 Å². The molecule has 2 N–H and O–H groups in total. The summed E-state index contributed by atoms with van der Waals surface area (Å²) in [6.07, 6.45) is 1.30. The third kappa shape index (κ3) is 3.14. The zero-order valence-electron chi connectivity index (χ0n) is 11.4. The number of carbonyl (C=O) groups is 2. The summed E-state index contributed by atoms with van der Waals surface area (Å²) in [6, 6.07) is 2.45. The van der Waals surface area contributed by atoms with Crippen LogP contribution in [0, 0.1) is 0 Å². The van der Waals surface area contributed by atoms with Crippen LogP contribution in [0.25, 0.3) is 0 Å². The summed E-state index contributed by atoms with van der Waals surface area (Å²) < 4.78 is 6.21. The van der Waals surface area contributed by atoms with E-state index < -0.39 is 17.4 Å². The molecule has 0 saturated carbocycles. The fourth-order valence-electron chi connectivity index (χ4n) is 1.59. The Bertz CT molecular complexity index is 713. The minimum atomic E-state index is -0.588. The fourth-order valence-corrected chi connectivity index (χ4v) is 1.59. The van der Waals surface area contributed by atoms with Crippen molar-refractivity contribution >= 4 is 17.7 Å². The van der Waals surface area contributed by atoms with E-state index in [0.29, 0.717) is 0 Å². The van der Waals surface area contributed by atoms with Gasteiger partial charge in [-0.05, 0) is 13.0 Å². The average Bonchev–Trinajstić information content (AvgIpc) is 2.81. The first-order valence-electron chi connectivity index (χ1n) is 6.09. The summed E-state index contributed by atoms with van der Waals surface area (Å²) >= 11 is 0. The molecule has 0 radical (unpaired) electrons. The van der Waals surface area contributed by atoms with Crippen molar-refractivity contribution in [3.63, 3.8) is 0 Å². The van der Waals surface area contributed by atoms with Gasteiger partial charge in [-0.1, -0.05) is 0 Å². The molecule has 0 unspecified atom stereocenters. The second kappa shape index (κ2) is 5.99. The molecule has 0 fully saturated rings. The number of ether oxygens (including phenoxy) is 1. The van der Waals surface area contributed by atoms with E-state index in [9.17, 15) is 14.4 Å². The van der Waals surface area contributed by atoms with E-state index in [0.717, 1.165) is 0 Å². The van der Waals surface area contributed by atoms with E-state index in [-0.39, 0.29) is 23.7 Å². The van der Waals surface area contributed by atoms with E-state index in [1.54, 1.807) is 14.0 Å². The maximum Gasteiger partial charge on any atom is 0.343 e. The van der Waals surface area contributed by atoms with Gasteiger partial charge in [0.15, 0.2) is 0 Å². The number of nitrogens with zero attached hydrogens (tertiary/aromatic N) is 3. The standard InChI is InChI=1S/C12H13N5O4/c1-3-21-12(20)7-6-13-17(2)10(7)14-11(19)8-4-5-9(18)16-15-8/h4-6H,3H2,1-2H3,(H,14,19)(H,16,18). The second-order valence-corrected chi connectivity index (χ2v) is 4.01. The first-order chi connectivity index (χ1) is 10.0. The van der Waals surface area contributed by atoms with Crippen LogP contribution in [0.15, 0.2) is 23.1 Å². The molecule has 110 valence electrons.